The fourth-order valence-electron chi connectivity index (χ4n) is 3.57. The van der Waals surface area contributed by atoms with Crippen molar-refractivity contribution in [1.29, 1.82) is 0 Å². The van der Waals surface area contributed by atoms with Gasteiger partial charge in [0.05, 0.1) is 16.0 Å². The maximum Gasteiger partial charge on any atom is 0.287 e. The van der Waals surface area contributed by atoms with Crippen LogP contribution in [0.1, 0.15) is 35.6 Å². The van der Waals surface area contributed by atoms with Crippen LogP contribution in [0.25, 0.3) is 5.57 Å². The number of nitro groups is 1. The van der Waals surface area contributed by atoms with Gasteiger partial charge >= 0.3 is 0 Å². The number of nitrogens with one attached hydrogen (secondary N) is 1. The van der Waals surface area contributed by atoms with Gasteiger partial charge in [0.2, 0.25) is 0 Å². The zero-order valence-corrected chi connectivity index (χ0v) is 15.2. The number of rotatable bonds is 2. The summed E-state index contributed by atoms with van der Waals surface area (Å²) in [5.41, 5.74) is 5.15. The quantitative estimate of drug-likeness (QED) is 0.419. The lowest BCUT2D eigenvalue weighted by atomic mass is 9.93. The minimum absolute atomic E-state index is 0.0254. The molecule has 2 aliphatic rings. The third-order valence-electron chi connectivity index (χ3n) is 4.63. The molecule has 1 heterocycles. The topological polar surface area (TPSA) is 55.2 Å². The Morgan fingerprint density at radius 3 is 2.68 bits per heavy atom. The minimum atomic E-state index is -0.479. The molecule has 1 unspecified atom stereocenters. The molecule has 1 aliphatic carbocycles. The highest BCUT2D eigenvalue weighted by molar-refractivity contribution is 7.80. The highest BCUT2D eigenvalue weighted by atomic mass is 35.5. The van der Waals surface area contributed by atoms with E-state index < -0.39 is 4.92 Å². The molecule has 4 rings (SSSR count). The highest BCUT2D eigenvalue weighted by Gasteiger charge is 2.35. The number of nitro benzene ring substituents is 1. The molecular weight excluding hydrogens is 379 g/mol. The Labute approximate surface area is 159 Å². The molecule has 126 valence electrons. The minimum Gasteiger partial charge on any atom is -0.369 e. The van der Waals surface area contributed by atoms with E-state index in [1.54, 1.807) is 12.1 Å². The van der Waals surface area contributed by atoms with E-state index >= 15 is 0 Å². The third kappa shape index (κ3) is 2.72. The number of nitrogens with zero attached hydrogens (tertiary/aromatic N) is 1. The Morgan fingerprint density at radius 2 is 1.96 bits per heavy atom. The van der Waals surface area contributed by atoms with Crippen LogP contribution in [0.4, 0.5) is 5.69 Å². The predicted octanol–water partition coefficient (Wildman–Crippen LogP) is 5.47. The number of benzene rings is 2. The average molecular weight is 391 g/mol. The molecule has 0 radical (unpaired) electrons. The fraction of sp³-hybridized carbons (Fsp3) is 0.167. The molecule has 4 nitrogen and oxygen atoms in total. The largest absolute Gasteiger partial charge is 0.369 e. The lowest BCUT2D eigenvalue weighted by molar-refractivity contribution is -0.384. The number of thiocarbonyl (C=S) groups is 1. The Kier molecular flexibility index (Phi) is 4.02. The van der Waals surface area contributed by atoms with Gasteiger partial charge in [0.1, 0.15) is 5.02 Å². The zero-order valence-electron chi connectivity index (χ0n) is 12.9. The second-order valence-electron chi connectivity index (χ2n) is 6.06. The summed E-state index contributed by atoms with van der Waals surface area (Å²) in [6, 6.07) is 10.7. The van der Waals surface area contributed by atoms with Crippen LogP contribution in [0.3, 0.4) is 0 Å². The SMILES string of the molecule is O=[N+]([O-])c1ccc(C2=C3CCC(=S)NC3c3ccc(Cl)cc32)cc1Cl. The predicted molar refractivity (Wildman–Crippen MR) is 103 cm³/mol. The van der Waals surface area contributed by atoms with Crippen molar-refractivity contribution in [3.05, 3.63) is 78.8 Å². The van der Waals surface area contributed by atoms with Gasteiger partial charge in [-0.15, -0.1) is 0 Å². The standard InChI is InChI=1S/C18H12Cl2N2O2S/c19-10-2-3-11-13(8-10)17(12-4-6-16(25)21-18(11)12)9-1-5-15(22(23)24)14(20)7-9/h1-3,5,7-8,18H,4,6H2,(H,21,25). The maximum atomic E-state index is 11.0. The Morgan fingerprint density at radius 1 is 1.16 bits per heavy atom. The van der Waals surface area contributed by atoms with Crippen molar-refractivity contribution in [2.24, 2.45) is 0 Å². The summed E-state index contributed by atoms with van der Waals surface area (Å²) in [5.74, 6) is 0. The molecule has 1 aliphatic heterocycles. The summed E-state index contributed by atoms with van der Waals surface area (Å²) >= 11 is 17.7. The molecule has 2 aromatic rings. The molecule has 7 heteroatoms. The fourth-order valence-corrected chi connectivity index (χ4v) is 4.21. The van der Waals surface area contributed by atoms with E-state index in [-0.39, 0.29) is 16.8 Å². The van der Waals surface area contributed by atoms with Crippen molar-refractivity contribution < 1.29 is 4.92 Å². The van der Waals surface area contributed by atoms with Gasteiger partial charge in [0.15, 0.2) is 0 Å². The molecule has 0 amide bonds. The number of halogens is 2. The lowest BCUT2D eigenvalue weighted by Crippen LogP contribution is -2.31. The van der Waals surface area contributed by atoms with E-state index in [4.69, 9.17) is 35.4 Å². The van der Waals surface area contributed by atoms with Gasteiger partial charge in [0, 0.05) is 17.5 Å². The van der Waals surface area contributed by atoms with Crippen LogP contribution in [-0.4, -0.2) is 9.91 Å². The second-order valence-corrected chi connectivity index (χ2v) is 7.39. The Balaban J connectivity index is 1.92. The highest BCUT2D eigenvalue weighted by Crippen LogP contribution is 2.48. The summed E-state index contributed by atoms with van der Waals surface area (Å²) < 4.78 is 0. The first-order valence-corrected chi connectivity index (χ1v) is 8.88. The first-order chi connectivity index (χ1) is 12.0. The molecule has 2 aromatic carbocycles. The molecule has 25 heavy (non-hydrogen) atoms. The molecule has 0 spiro atoms. The first kappa shape index (κ1) is 16.5. The van der Waals surface area contributed by atoms with Gasteiger partial charge in [-0.25, -0.2) is 0 Å². The monoisotopic (exact) mass is 390 g/mol. The summed E-state index contributed by atoms with van der Waals surface area (Å²) in [5, 5.41) is 15.2. The van der Waals surface area contributed by atoms with Crippen molar-refractivity contribution in [3.63, 3.8) is 0 Å². The molecule has 1 atom stereocenters. The number of fused-ring (bicyclic) bond motifs is 3. The van der Waals surface area contributed by atoms with Gasteiger partial charge in [-0.1, -0.05) is 41.5 Å². The van der Waals surface area contributed by atoms with Gasteiger partial charge in [-0.2, -0.15) is 0 Å². The molecular formula is C18H12Cl2N2O2S. The number of hydrogen-bond acceptors (Lipinski definition) is 3. The normalized spacial score (nSPS) is 18.6. The van der Waals surface area contributed by atoms with Crippen LogP contribution in [0.2, 0.25) is 10.0 Å². The molecule has 1 saturated heterocycles. The zero-order chi connectivity index (χ0) is 17.7. The van der Waals surface area contributed by atoms with Crippen LogP contribution in [-0.2, 0) is 0 Å². The van der Waals surface area contributed by atoms with E-state index in [0.717, 1.165) is 40.1 Å². The average Bonchev–Trinajstić information content (AvgIpc) is 2.87. The van der Waals surface area contributed by atoms with Crippen LogP contribution in [0.5, 0.6) is 0 Å². The van der Waals surface area contributed by atoms with E-state index in [9.17, 15) is 10.1 Å². The van der Waals surface area contributed by atoms with Crippen molar-refractivity contribution in [1.82, 2.24) is 5.32 Å². The summed E-state index contributed by atoms with van der Waals surface area (Å²) in [6.07, 6.45) is 1.62. The van der Waals surface area contributed by atoms with E-state index in [1.807, 2.05) is 18.2 Å². The molecule has 0 saturated carbocycles. The summed E-state index contributed by atoms with van der Waals surface area (Å²) in [7, 11) is 0. The van der Waals surface area contributed by atoms with E-state index in [1.165, 1.54) is 11.6 Å². The summed E-state index contributed by atoms with van der Waals surface area (Å²) in [4.78, 5) is 11.4. The van der Waals surface area contributed by atoms with Gasteiger partial charge < -0.3 is 5.32 Å². The molecule has 1 N–H and O–H groups in total. The van der Waals surface area contributed by atoms with Gasteiger partial charge in [0.25, 0.3) is 5.69 Å². The first-order valence-electron chi connectivity index (χ1n) is 7.72. The Bertz CT molecular complexity index is 972. The Hall–Kier alpha value is -1.95. The van der Waals surface area contributed by atoms with Crippen LogP contribution >= 0.6 is 35.4 Å². The third-order valence-corrected chi connectivity index (χ3v) is 5.48. The van der Waals surface area contributed by atoms with Crippen molar-refractivity contribution in [2.75, 3.05) is 0 Å². The molecule has 1 fully saturated rings. The van der Waals surface area contributed by atoms with Crippen LogP contribution in [0.15, 0.2) is 42.0 Å². The van der Waals surface area contributed by atoms with Crippen LogP contribution in [0, 0.1) is 10.1 Å². The number of piperidine rings is 1. The number of hydrogen-bond donors (Lipinski definition) is 1. The smallest absolute Gasteiger partial charge is 0.287 e. The van der Waals surface area contributed by atoms with Crippen LogP contribution < -0.4 is 5.32 Å². The lowest BCUT2D eigenvalue weighted by Gasteiger charge is -2.26. The van der Waals surface area contributed by atoms with Gasteiger partial charge in [-0.3, -0.25) is 10.1 Å². The summed E-state index contributed by atoms with van der Waals surface area (Å²) in [6.45, 7) is 0. The van der Waals surface area contributed by atoms with E-state index in [2.05, 4.69) is 5.32 Å². The second kappa shape index (κ2) is 6.09. The maximum absolute atomic E-state index is 11.0. The van der Waals surface area contributed by atoms with Crippen molar-refractivity contribution in [3.8, 4) is 0 Å². The van der Waals surface area contributed by atoms with E-state index in [0.29, 0.717) is 5.02 Å². The van der Waals surface area contributed by atoms with Crippen molar-refractivity contribution in [2.45, 2.75) is 18.9 Å². The van der Waals surface area contributed by atoms with Crippen molar-refractivity contribution >= 4 is 51.7 Å². The molecule has 0 aromatic heterocycles. The molecule has 0 bridgehead atoms. The van der Waals surface area contributed by atoms with Gasteiger partial charge in [-0.05, 0) is 58.5 Å².